The Labute approximate surface area is 248 Å². The van der Waals surface area contributed by atoms with Gasteiger partial charge in [-0.05, 0) is 82.9 Å². The lowest BCUT2D eigenvalue weighted by Gasteiger charge is -2.35. The summed E-state index contributed by atoms with van der Waals surface area (Å²) < 4.78 is 68.2. The van der Waals surface area contributed by atoms with Gasteiger partial charge in [0, 0.05) is 24.0 Å². The molecule has 1 aliphatic rings. The number of pyridine rings is 1. The molecule has 1 aromatic heterocycles. The van der Waals surface area contributed by atoms with Crippen molar-refractivity contribution in [2.75, 3.05) is 11.9 Å². The number of anilines is 1. The van der Waals surface area contributed by atoms with E-state index in [4.69, 9.17) is 9.47 Å². The zero-order valence-corrected chi connectivity index (χ0v) is 24.7. The third-order valence-corrected chi connectivity index (χ3v) is 7.12. The summed E-state index contributed by atoms with van der Waals surface area (Å²) in [4.78, 5) is 31.6. The first-order chi connectivity index (χ1) is 20.1. The van der Waals surface area contributed by atoms with Gasteiger partial charge < -0.3 is 14.8 Å². The fraction of sp³-hybridized carbons (Fsp3) is 0.406. The maximum absolute atomic E-state index is 15.1. The number of carbonyl (C=O) groups is 2. The SMILES string of the molecule is CC(C)(C)OC(=O)N1C(CCc2c(F)cncc2NC(=O)C[C@@H](c2ccc(F)cc2)c2cc(F)cc(F)c2)COC1(C)C. The summed E-state index contributed by atoms with van der Waals surface area (Å²) in [6, 6.07) is 7.78. The third-order valence-electron chi connectivity index (χ3n) is 7.12. The summed E-state index contributed by atoms with van der Waals surface area (Å²) in [7, 11) is 0. The van der Waals surface area contributed by atoms with E-state index in [-0.39, 0.29) is 36.3 Å². The molecule has 0 saturated carbocycles. The Hall–Kier alpha value is -3.99. The van der Waals surface area contributed by atoms with E-state index >= 15 is 4.39 Å². The number of halogens is 4. The molecule has 3 aromatic rings. The molecular formula is C32H35F4N3O4. The van der Waals surface area contributed by atoms with E-state index in [1.165, 1.54) is 35.4 Å². The highest BCUT2D eigenvalue weighted by molar-refractivity contribution is 5.92. The molecule has 0 bridgehead atoms. The highest BCUT2D eigenvalue weighted by Crippen LogP contribution is 2.33. The number of hydrogen-bond donors (Lipinski definition) is 1. The van der Waals surface area contributed by atoms with Crippen LogP contribution in [0.15, 0.2) is 54.9 Å². The molecular weight excluding hydrogens is 566 g/mol. The monoisotopic (exact) mass is 601 g/mol. The third kappa shape index (κ3) is 8.10. The normalized spacial score (nSPS) is 17.0. The number of hydrogen-bond acceptors (Lipinski definition) is 5. The minimum absolute atomic E-state index is 0.121. The van der Waals surface area contributed by atoms with E-state index in [9.17, 15) is 22.8 Å². The van der Waals surface area contributed by atoms with Gasteiger partial charge in [-0.25, -0.2) is 22.4 Å². The summed E-state index contributed by atoms with van der Waals surface area (Å²) in [5.41, 5.74) is -0.722. The average Bonchev–Trinajstić information content (AvgIpc) is 3.20. The molecule has 1 saturated heterocycles. The van der Waals surface area contributed by atoms with Gasteiger partial charge in [0.15, 0.2) is 0 Å². The molecule has 2 aromatic carbocycles. The van der Waals surface area contributed by atoms with Gasteiger partial charge in [0.1, 0.15) is 34.6 Å². The zero-order valence-electron chi connectivity index (χ0n) is 24.7. The molecule has 11 heteroatoms. The lowest BCUT2D eigenvalue weighted by molar-refractivity contribution is -0.116. The van der Waals surface area contributed by atoms with E-state index in [0.717, 1.165) is 24.4 Å². The summed E-state index contributed by atoms with van der Waals surface area (Å²) >= 11 is 0. The van der Waals surface area contributed by atoms with Crippen LogP contribution in [-0.2, 0) is 20.7 Å². The highest BCUT2D eigenvalue weighted by atomic mass is 19.1. The van der Waals surface area contributed by atoms with Crippen molar-refractivity contribution in [1.82, 2.24) is 9.88 Å². The first-order valence-electron chi connectivity index (χ1n) is 13.9. The van der Waals surface area contributed by atoms with E-state index < -0.39 is 58.6 Å². The number of rotatable bonds is 8. The standard InChI is InChI=1S/C32H35F4N3O4/c1-31(2,3)43-30(41)39-24(18-42-32(39,4)5)10-11-25-27(36)16-37-17-28(25)38-29(40)15-26(19-6-8-21(33)9-7-19)20-12-22(34)14-23(35)13-20/h6-9,12-14,16-17,24,26H,10-11,15,18H2,1-5H3,(H,38,40)/t24?,26-/m0/s1. The van der Waals surface area contributed by atoms with Gasteiger partial charge in [-0.1, -0.05) is 12.1 Å². The summed E-state index contributed by atoms with van der Waals surface area (Å²) in [5, 5.41) is 2.68. The second-order valence-electron chi connectivity index (χ2n) is 12.0. The van der Waals surface area contributed by atoms with Gasteiger partial charge >= 0.3 is 6.09 Å². The van der Waals surface area contributed by atoms with Crippen molar-refractivity contribution in [2.45, 2.75) is 77.2 Å². The fourth-order valence-corrected chi connectivity index (χ4v) is 5.20. The topological polar surface area (TPSA) is 80.8 Å². The van der Waals surface area contributed by atoms with Crippen LogP contribution < -0.4 is 5.32 Å². The number of benzene rings is 2. The zero-order chi connectivity index (χ0) is 31.5. The summed E-state index contributed by atoms with van der Waals surface area (Å²) in [5.74, 6) is -4.20. The first-order valence-corrected chi connectivity index (χ1v) is 13.9. The molecule has 1 aliphatic heterocycles. The van der Waals surface area contributed by atoms with Gasteiger partial charge in [-0.15, -0.1) is 0 Å². The van der Waals surface area contributed by atoms with Gasteiger partial charge in [0.2, 0.25) is 5.91 Å². The number of nitrogens with zero attached hydrogens (tertiary/aromatic N) is 2. The maximum atomic E-state index is 15.1. The molecule has 1 unspecified atom stereocenters. The number of amides is 2. The first kappa shape index (κ1) is 31.9. The molecule has 1 N–H and O–H groups in total. The number of aromatic nitrogens is 1. The second-order valence-corrected chi connectivity index (χ2v) is 12.0. The van der Waals surface area contributed by atoms with Gasteiger partial charge in [-0.2, -0.15) is 0 Å². The molecule has 1 fully saturated rings. The minimum Gasteiger partial charge on any atom is -0.444 e. The molecule has 0 spiro atoms. The van der Waals surface area contributed by atoms with E-state index in [1.807, 2.05) is 0 Å². The van der Waals surface area contributed by atoms with Gasteiger partial charge in [0.25, 0.3) is 0 Å². The second kappa shape index (κ2) is 12.7. The van der Waals surface area contributed by atoms with Crippen LogP contribution in [0, 0.1) is 23.3 Å². The molecule has 230 valence electrons. The quantitative estimate of drug-likeness (QED) is 0.279. The van der Waals surface area contributed by atoms with Crippen LogP contribution in [0.25, 0.3) is 0 Å². The Kier molecular flexibility index (Phi) is 9.44. The Bertz CT molecular complexity index is 1450. The largest absolute Gasteiger partial charge is 0.444 e. The van der Waals surface area contributed by atoms with Crippen LogP contribution in [0.2, 0.25) is 0 Å². The molecule has 43 heavy (non-hydrogen) atoms. The summed E-state index contributed by atoms with van der Waals surface area (Å²) in [6.45, 7) is 8.99. The van der Waals surface area contributed by atoms with Crippen LogP contribution >= 0.6 is 0 Å². The molecule has 4 rings (SSSR count). The van der Waals surface area contributed by atoms with Crippen molar-refractivity contribution in [2.24, 2.45) is 0 Å². The fourth-order valence-electron chi connectivity index (χ4n) is 5.20. The predicted molar refractivity (Wildman–Crippen MR) is 152 cm³/mol. The average molecular weight is 602 g/mol. The predicted octanol–water partition coefficient (Wildman–Crippen LogP) is 7.10. The Morgan fingerprint density at radius 2 is 1.67 bits per heavy atom. The van der Waals surface area contributed by atoms with Crippen molar-refractivity contribution in [1.29, 1.82) is 0 Å². The molecule has 0 radical (unpaired) electrons. The summed E-state index contributed by atoms with van der Waals surface area (Å²) in [6.07, 6.45) is 1.94. The van der Waals surface area contributed by atoms with Crippen molar-refractivity contribution in [3.8, 4) is 0 Å². The van der Waals surface area contributed by atoms with Crippen LogP contribution in [0.4, 0.5) is 28.0 Å². The van der Waals surface area contributed by atoms with Crippen LogP contribution in [0.1, 0.15) is 70.1 Å². The molecule has 2 atom stereocenters. The van der Waals surface area contributed by atoms with E-state index in [2.05, 4.69) is 10.3 Å². The van der Waals surface area contributed by atoms with Crippen molar-refractivity contribution in [3.63, 3.8) is 0 Å². The van der Waals surface area contributed by atoms with Gasteiger partial charge in [0.05, 0.1) is 30.7 Å². The van der Waals surface area contributed by atoms with Crippen molar-refractivity contribution in [3.05, 3.63) is 94.8 Å². The van der Waals surface area contributed by atoms with E-state index in [0.29, 0.717) is 12.0 Å². The highest BCUT2D eigenvalue weighted by Gasteiger charge is 2.45. The lowest BCUT2D eigenvalue weighted by Crippen LogP contribution is -2.50. The van der Waals surface area contributed by atoms with Crippen LogP contribution in [-0.4, -0.2) is 45.9 Å². The number of nitrogens with one attached hydrogen (secondary N) is 1. The van der Waals surface area contributed by atoms with Crippen LogP contribution in [0.3, 0.4) is 0 Å². The minimum atomic E-state index is -0.938. The van der Waals surface area contributed by atoms with Gasteiger partial charge in [-0.3, -0.25) is 14.7 Å². The smallest absolute Gasteiger partial charge is 0.412 e. The maximum Gasteiger partial charge on any atom is 0.412 e. The Morgan fingerprint density at radius 3 is 2.30 bits per heavy atom. The molecule has 0 aliphatic carbocycles. The van der Waals surface area contributed by atoms with Crippen LogP contribution in [0.5, 0.6) is 0 Å². The van der Waals surface area contributed by atoms with Crippen molar-refractivity contribution < 1.29 is 36.6 Å². The lowest BCUT2D eigenvalue weighted by atomic mass is 9.88. The number of ether oxygens (including phenoxy) is 2. The molecule has 2 heterocycles. The number of carbonyl (C=O) groups excluding carboxylic acids is 2. The van der Waals surface area contributed by atoms with E-state index in [1.54, 1.807) is 34.6 Å². The van der Waals surface area contributed by atoms with Crippen molar-refractivity contribution >= 4 is 17.7 Å². The molecule has 2 amide bonds. The molecule has 7 nitrogen and oxygen atoms in total. The Balaban J connectivity index is 1.53. The Morgan fingerprint density at radius 1 is 1.02 bits per heavy atom.